The van der Waals surface area contributed by atoms with Crippen LogP contribution in [0.2, 0.25) is 10.0 Å². The summed E-state index contributed by atoms with van der Waals surface area (Å²) in [6.07, 6.45) is 2.75. The molecule has 1 aromatic carbocycles. The summed E-state index contributed by atoms with van der Waals surface area (Å²) in [5, 5.41) is 4.07. The van der Waals surface area contributed by atoms with Crippen LogP contribution in [0.3, 0.4) is 0 Å². The average molecular weight is 330 g/mol. The van der Waals surface area contributed by atoms with Crippen LogP contribution >= 0.6 is 34.5 Å². The average Bonchev–Trinajstić information content (AvgIpc) is 2.88. The Labute approximate surface area is 130 Å². The zero-order valence-corrected chi connectivity index (χ0v) is 13.1. The Bertz CT molecular complexity index is 643. The number of nitrogens with two attached hydrogens (primary N) is 1. The number of hydrogen-bond acceptors (Lipinski definition) is 4. The standard InChI is InChI=1S/C13H13Cl2N3OS/c1-2-8-5-17-11(20-8)6-18-13(19)9-3-7(16)4-10(14)12(9)15/h3-5H,2,6,16H2,1H3,(H,18,19). The van der Waals surface area contributed by atoms with Gasteiger partial charge in [0, 0.05) is 16.8 Å². The fraction of sp³-hybridized carbons (Fsp3) is 0.231. The highest BCUT2D eigenvalue weighted by Crippen LogP contribution is 2.28. The second-order valence-electron chi connectivity index (χ2n) is 4.12. The van der Waals surface area contributed by atoms with Crippen molar-refractivity contribution in [1.29, 1.82) is 0 Å². The van der Waals surface area contributed by atoms with E-state index in [2.05, 4.69) is 17.2 Å². The van der Waals surface area contributed by atoms with Gasteiger partial charge in [-0.1, -0.05) is 30.1 Å². The molecule has 7 heteroatoms. The minimum Gasteiger partial charge on any atom is -0.399 e. The number of carbonyl (C=O) groups is 1. The van der Waals surface area contributed by atoms with E-state index < -0.39 is 0 Å². The Morgan fingerprint density at radius 3 is 2.85 bits per heavy atom. The van der Waals surface area contributed by atoms with Crippen molar-refractivity contribution in [3.05, 3.63) is 43.8 Å². The van der Waals surface area contributed by atoms with Gasteiger partial charge in [0.1, 0.15) is 5.01 Å². The lowest BCUT2D eigenvalue weighted by Gasteiger charge is -2.07. The Morgan fingerprint density at radius 2 is 2.20 bits per heavy atom. The van der Waals surface area contributed by atoms with Gasteiger partial charge in [-0.2, -0.15) is 0 Å². The van der Waals surface area contributed by atoms with Gasteiger partial charge < -0.3 is 11.1 Å². The molecule has 2 rings (SSSR count). The number of anilines is 1. The van der Waals surface area contributed by atoms with Crippen LogP contribution < -0.4 is 11.1 Å². The highest BCUT2D eigenvalue weighted by molar-refractivity contribution is 7.11. The number of thiazole rings is 1. The minimum absolute atomic E-state index is 0.201. The molecule has 0 atom stereocenters. The van der Waals surface area contributed by atoms with Crippen molar-refractivity contribution in [2.45, 2.75) is 19.9 Å². The molecule has 0 spiro atoms. The number of nitrogens with zero attached hydrogens (tertiary/aromatic N) is 1. The number of rotatable bonds is 4. The smallest absolute Gasteiger partial charge is 0.253 e. The number of halogens is 2. The molecule has 0 aliphatic carbocycles. The van der Waals surface area contributed by atoms with Gasteiger partial charge in [0.15, 0.2) is 0 Å². The van der Waals surface area contributed by atoms with Crippen LogP contribution in [0.15, 0.2) is 18.3 Å². The van der Waals surface area contributed by atoms with E-state index in [1.54, 1.807) is 11.3 Å². The first kappa shape index (κ1) is 15.1. The zero-order chi connectivity index (χ0) is 14.7. The van der Waals surface area contributed by atoms with Crippen molar-refractivity contribution in [2.24, 2.45) is 0 Å². The van der Waals surface area contributed by atoms with Crippen LogP contribution in [0.5, 0.6) is 0 Å². The monoisotopic (exact) mass is 329 g/mol. The summed E-state index contributed by atoms with van der Waals surface area (Å²) in [7, 11) is 0. The second kappa shape index (κ2) is 6.43. The number of aryl methyl sites for hydroxylation is 1. The van der Waals surface area contributed by atoms with Crippen molar-refractivity contribution >= 4 is 46.1 Å². The molecule has 0 fully saturated rings. The Morgan fingerprint density at radius 1 is 1.45 bits per heavy atom. The van der Waals surface area contributed by atoms with Crippen molar-refractivity contribution in [3.8, 4) is 0 Å². The number of aromatic nitrogens is 1. The van der Waals surface area contributed by atoms with Crippen LogP contribution in [-0.4, -0.2) is 10.9 Å². The summed E-state index contributed by atoms with van der Waals surface area (Å²) < 4.78 is 0. The third-order valence-electron chi connectivity index (χ3n) is 2.65. The van der Waals surface area contributed by atoms with Gasteiger partial charge in [0.2, 0.25) is 0 Å². The molecule has 0 bridgehead atoms. The Kier molecular flexibility index (Phi) is 4.86. The first-order valence-electron chi connectivity index (χ1n) is 5.97. The van der Waals surface area contributed by atoms with E-state index in [4.69, 9.17) is 28.9 Å². The highest BCUT2D eigenvalue weighted by Gasteiger charge is 2.14. The summed E-state index contributed by atoms with van der Waals surface area (Å²) in [5.41, 5.74) is 6.32. The quantitative estimate of drug-likeness (QED) is 0.843. The van der Waals surface area contributed by atoms with E-state index in [1.807, 2.05) is 6.20 Å². The largest absolute Gasteiger partial charge is 0.399 e. The van der Waals surface area contributed by atoms with E-state index in [-0.39, 0.29) is 21.5 Å². The van der Waals surface area contributed by atoms with Gasteiger partial charge in [0.05, 0.1) is 22.2 Å². The molecular weight excluding hydrogens is 317 g/mol. The van der Waals surface area contributed by atoms with Crippen molar-refractivity contribution < 1.29 is 4.79 Å². The molecule has 0 aliphatic heterocycles. The number of nitrogens with one attached hydrogen (secondary N) is 1. The third kappa shape index (κ3) is 3.42. The van der Waals surface area contributed by atoms with E-state index in [1.165, 1.54) is 17.0 Å². The fourth-order valence-corrected chi connectivity index (χ4v) is 2.84. The van der Waals surface area contributed by atoms with Gasteiger partial charge in [-0.05, 0) is 18.6 Å². The molecule has 4 nitrogen and oxygen atoms in total. The van der Waals surface area contributed by atoms with E-state index >= 15 is 0 Å². The third-order valence-corrected chi connectivity index (χ3v) is 4.59. The maximum atomic E-state index is 12.1. The first-order chi connectivity index (χ1) is 9.51. The predicted octanol–water partition coefficient (Wildman–Crippen LogP) is 3.52. The Balaban J connectivity index is 2.09. The molecule has 0 saturated heterocycles. The molecule has 1 aromatic heterocycles. The van der Waals surface area contributed by atoms with Crippen molar-refractivity contribution in [1.82, 2.24) is 10.3 Å². The summed E-state index contributed by atoms with van der Waals surface area (Å²) in [4.78, 5) is 17.5. The molecule has 3 N–H and O–H groups in total. The zero-order valence-electron chi connectivity index (χ0n) is 10.7. The van der Waals surface area contributed by atoms with Crippen LogP contribution in [0.1, 0.15) is 27.2 Å². The number of amides is 1. The Hall–Kier alpha value is -1.30. The van der Waals surface area contributed by atoms with Gasteiger partial charge in [-0.25, -0.2) is 4.98 Å². The minimum atomic E-state index is -0.322. The van der Waals surface area contributed by atoms with Crippen molar-refractivity contribution in [2.75, 3.05) is 5.73 Å². The molecule has 0 radical (unpaired) electrons. The van der Waals surface area contributed by atoms with E-state index in [9.17, 15) is 4.79 Å². The van der Waals surface area contributed by atoms with Crippen LogP contribution in [0, 0.1) is 0 Å². The topological polar surface area (TPSA) is 68.0 Å². The molecule has 0 unspecified atom stereocenters. The molecule has 106 valence electrons. The summed E-state index contributed by atoms with van der Waals surface area (Å²) in [6, 6.07) is 3.01. The predicted molar refractivity (Wildman–Crippen MR) is 83.5 cm³/mol. The summed E-state index contributed by atoms with van der Waals surface area (Å²) in [5.74, 6) is -0.322. The van der Waals surface area contributed by atoms with Crippen molar-refractivity contribution in [3.63, 3.8) is 0 Å². The SMILES string of the molecule is CCc1cnc(CNC(=O)c2cc(N)cc(Cl)c2Cl)s1. The summed E-state index contributed by atoms with van der Waals surface area (Å²) >= 11 is 13.5. The molecule has 2 aromatic rings. The maximum absolute atomic E-state index is 12.1. The lowest BCUT2D eigenvalue weighted by Crippen LogP contribution is -2.23. The van der Waals surface area contributed by atoms with Crippen LogP contribution in [0.25, 0.3) is 0 Å². The molecule has 0 aliphatic rings. The van der Waals surface area contributed by atoms with Gasteiger partial charge in [0.25, 0.3) is 5.91 Å². The van der Waals surface area contributed by atoms with Gasteiger partial charge in [-0.3, -0.25) is 4.79 Å². The number of benzene rings is 1. The molecule has 1 amide bonds. The number of hydrogen-bond donors (Lipinski definition) is 2. The van der Waals surface area contributed by atoms with E-state index in [0.717, 1.165) is 11.4 Å². The molecule has 20 heavy (non-hydrogen) atoms. The second-order valence-corrected chi connectivity index (χ2v) is 6.11. The first-order valence-corrected chi connectivity index (χ1v) is 7.54. The fourth-order valence-electron chi connectivity index (χ4n) is 1.62. The lowest BCUT2D eigenvalue weighted by molar-refractivity contribution is 0.0951. The maximum Gasteiger partial charge on any atom is 0.253 e. The van der Waals surface area contributed by atoms with E-state index in [0.29, 0.717) is 12.2 Å². The number of carbonyl (C=O) groups excluding carboxylic acids is 1. The molecular formula is C13H13Cl2N3OS. The number of nitrogen functional groups attached to an aromatic ring is 1. The van der Waals surface area contributed by atoms with Gasteiger partial charge in [-0.15, -0.1) is 11.3 Å². The molecule has 0 saturated carbocycles. The summed E-state index contributed by atoms with van der Waals surface area (Å²) in [6.45, 7) is 2.41. The van der Waals surface area contributed by atoms with Crippen LogP contribution in [0.4, 0.5) is 5.69 Å². The van der Waals surface area contributed by atoms with Gasteiger partial charge >= 0.3 is 0 Å². The highest BCUT2D eigenvalue weighted by atomic mass is 35.5. The van der Waals surface area contributed by atoms with Crippen LogP contribution in [-0.2, 0) is 13.0 Å². The lowest BCUT2D eigenvalue weighted by atomic mass is 10.2. The normalized spacial score (nSPS) is 10.6. The molecule has 1 heterocycles.